The highest BCUT2D eigenvalue weighted by molar-refractivity contribution is 5.86. The summed E-state index contributed by atoms with van der Waals surface area (Å²) in [6.07, 6.45) is 4.54. The van der Waals surface area contributed by atoms with Gasteiger partial charge in [0.05, 0.1) is 19.3 Å². The van der Waals surface area contributed by atoms with Crippen molar-refractivity contribution in [1.29, 1.82) is 0 Å². The van der Waals surface area contributed by atoms with Gasteiger partial charge in [-0.2, -0.15) is 0 Å². The van der Waals surface area contributed by atoms with Crippen LogP contribution in [0.5, 0.6) is 5.75 Å². The summed E-state index contributed by atoms with van der Waals surface area (Å²) in [5.74, 6) is 1.32. The number of esters is 1. The van der Waals surface area contributed by atoms with Crippen molar-refractivity contribution in [3.63, 3.8) is 0 Å². The van der Waals surface area contributed by atoms with Crippen LogP contribution < -0.4 is 4.74 Å². The van der Waals surface area contributed by atoms with Crippen molar-refractivity contribution < 1.29 is 18.7 Å². The SMILES string of the molecule is COC(=O)c1ccc([C@H](C)N2CC[C@H](Oc3cccnc3)C2)o1. The maximum absolute atomic E-state index is 11.5. The van der Waals surface area contributed by atoms with E-state index in [1.165, 1.54) is 7.11 Å². The van der Waals surface area contributed by atoms with Gasteiger partial charge in [0.25, 0.3) is 0 Å². The standard InChI is InChI=1S/C17H20N2O4/c1-12(15-5-6-16(23-15)17(20)21-2)19-9-7-14(11-19)22-13-4-3-8-18-10-13/h3-6,8,10,12,14H,7,9,11H2,1-2H3/t12-,14-/m0/s1. The number of carbonyl (C=O) groups excluding carboxylic acids is 1. The van der Waals surface area contributed by atoms with E-state index in [4.69, 9.17) is 9.15 Å². The first-order valence-electron chi connectivity index (χ1n) is 7.66. The Balaban J connectivity index is 1.60. The van der Waals surface area contributed by atoms with Gasteiger partial charge in [0.1, 0.15) is 17.6 Å². The zero-order valence-electron chi connectivity index (χ0n) is 13.3. The van der Waals surface area contributed by atoms with Crippen molar-refractivity contribution in [3.8, 4) is 5.75 Å². The van der Waals surface area contributed by atoms with Crippen LogP contribution in [0.3, 0.4) is 0 Å². The summed E-state index contributed by atoms with van der Waals surface area (Å²) in [7, 11) is 1.34. The zero-order valence-corrected chi connectivity index (χ0v) is 13.3. The number of methoxy groups -OCH3 is 1. The second-order valence-electron chi connectivity index (χ2n) is 5.58. The van der Waals surface area contributed by atoms with E-state index < -0.39 is 5.97 Å². The lowest BCUT2D eigenvalue weighted by atomic mass is 10.2. The minimum atomic E-state index is -0.456. The van der Waals surface area contributed by atoms with Crippen LogP contribution in [-0.2, 0) is 4.74 Å². The maximum Gasteiger partial charge on any atom is 0.373 e. The van der Waals surface area contributed by atoms with Crippen molar-refractivity contribution >= 4 is 5.97 Å². The van der Waals surface area contributed by atoms with Crippen molar-refractivity contribution in [1.82, 2.24) is 9.88 Å². The predicted molar refractivity (Wildman–Crippen MR) is 83.3 cm³/mol. The fourth-order valence-electron chi connectivity index (χ4n) is 2.78. The van der Waals surface area contributed by atoms with E-state index in [2.05, 4.69) is 21.5 Å². The van der Waals surface area contributed by atoms with E-state index in [0.717, 1.165) is 31.0 Å². The molecule has 3 heterocycles. The lowest BCUT2D eigenvalue weighted by molar-refractivity contribution is 0.0559. The molecule has 23 heavy (non-hydrogen) atoms. The minimum absolute atomic E-state index is 0.0795. The van der Waals surface area contributed by atoms with Gasteiger partial charge in [0.15, 0.2) is 0 Å². The van der Waals surface area contributed by atoms with Crippen LogP contribution in [0.4, 0.5) is 0 Å². The third kappa shape index (κ3) is 3.53. The first kappa shape index (κ1) is 15.6. The van der Waals surface area contributed by atoms with Crippen LogP contribution in [0.15, 0.2) is 41.1 Å². The maximum atomic E-state index is 11.5. The van der Waals surface area contributed by atoms with Crippen LogP contribution in [0, 0.1) is 0 Å². The minimum Gasteiger partial charge on any atom is -0.487 e. The Bertz CT molecular complexity index is 656. The summed E-state index contributed by atoms with van der Waals surface area (Å²) in [6, 6.07) is 7.33. The predicted octanol–water partition coefficient (Wildman–Crippen LogP) is 2.68. The highest BCUT2D eigenvalue weighted by atomic mass is 16.5. The molecule has 0 radical (unpaired) electrons. The fourth-order valence-corrected chi connectivity index (χ4v) is 2.78. The summed E-state index contributed by atoms with van der Waals surface area (Å²) in [5.41, 5.74) is 0. The monoisotopic (exact) mass is 316 g/mol. The van der Waals surface area contributed by atoms with Gasteiger partial charge in [0, 0.05) is 19.3 Å². The van der Waals surface area contributed by atoms with Crippen LogP contribution >= 0.6 is 0 Å². The lowest BCUT2D eigenvalue weighted by Gasteiger charge is -2.22. The number of hydrogen-bond acceptors (Lipinski definition) is 6. The lowest BCUT2D eigenvalue weighted by Crippen LogP contribution is -2.27. The molecule has 0 aromatic carbocycles. The normalized spacial score (nSPS) is 19.5. The Morgan fingerprint density at radius 3 is 3.04 bits per heavy atom. The Morgan fingerprint density at radius 2 is 2.30 bits per heavy atom. The Hall–Kier alpha value is -2.34. The summed E-state index contributed by atoms with van der Waals surface area (Å²) in [6.45, 7) is 3.79. The first-order valence-corrected chi connectivity index (χ1v) is 7.66. The average molecular weight is 316 g/mol. The molecule has 2 aromatic heterocycles. The molecule has 0 bridgehead atoms. The van der Waals surface area contributed by atoms with Crippen LogP contribution in [0.2, 0.25) is 0 Å². The van der Waals surface area contributed by atoms with E-state index in [9.17, 15) is 4.79 Å². The molecule has 1 aliphatic heterocycles. The fraction of sp³-hybridized carbons (Fsp3) is 0.412. The topological polar surface area (TPSA) is 64.8 Å². The van der Waals surface area contributed by atoms with E-state index >= 15 is 0 Å². The molecule has 1 fully saturated rings. The second-order valence-corrected chi connectivity index (χ2v) is 5.58. The molecule has 0 unspecified atom stereocenters. The second kappa shape index (κ2) is 6.83. The van der Waals surface area contributed by atoms with Crippen LogP contribution in [0.1, 0.15) is 35.7 Å². The molecule has 2 atom stereocenters. The van der Waals surface area contributed by atoms with E-state index in [1.807, 2.05) is 18.2 Å². The molecular formula is C17H20N2O4. The van der Waals surface area contributed by atoms with Gasteiger partial charge in [-0.25, -0.2) is 4.79 Å². The molecule has 0 N–H and O–H groups in total. The van der Waals surface area contributed by atoms with Crippen molar-refractivity contribution in [3.05, 3.63) is 48.2 Å². The summed E-state index contributed by atoms with van der Waals surface area (Å²) in [4.78, 5) is 17.8. The molecule has 0 saturated carbocycles. The molecule has 1 saturated heterocycles. The number of likely N-dealkylation sites (tertiary alicyclic amines) is 1. The van der Waals surface area contributed by atoms with Gasteiger partial charge in [-0.05, 0) is 37.6 Å². The van der Waals surface area contributed by atoms with E-state index in [-0.39, 0.29) is 17.9 Å². The number of furan rings is 1. The van der Waals surface area contributed by atoms with Gasteiger partial charge in [0.2, 0.25) is 5.76 Å². The van der Waals surface area contributed by atoms with Gasteiger partial charge in [-0.15, -0.1) is 0 Å². The molecule has 2 aromatic rings. The molecular weight excluding hydrogens is 296 g/mol. The van der Waals surface area contributed by atoms with Gasteiger partial charge in [-0.1, -0.05) is 0 Å². The van der Waals surface area contributed by atoms with Crippen molar-refractivity contribution in [2.75, 3.05) is 20.2 Å². The molecule has 6 nitrogen and oxygen atoms in total. The highest BCUT2D eigenvalue weighted by Crippen LogP contribution is 2.28. The van der Waals surface area contributed by atoms with Crippen LogP contribution in [0.25, 0.3) is 0 Å². The molecule has 6 heteroatoms. The molecule has 1 aliphatic rings. The summed E-state index contributed by atoms with van der Waals surface area (Å²) in [5, 5.41) is 0. The zero-order chi connectivity index (χ0) is 16.2. The Kier molecular flexibility index (Phi) is 4.62. The third-order valence-corrected chi connectivity index (χ3v) is 4.09. The highest BCUT2D eigenvalue weighted by Gasteiger charge is 2.30. The van der Waals surface area contributed by atoms with E-state index in [1.54, 1.807) is 18.5 Å². The number of pyridine rings is 1. The van der Waals surface area contributed by atoms with Crippen molar-refractivity contribution in [2.24, 2.45) is 0 Å². The number of hydrogen-bond donors (Lipinski definition) is 0. The number of ether oxygens (including phenoxy) is 2. The quantitative estimate of drug-likeness (QED) is 0.790. The third-order valence-electron chi connectivity index (χ3n) is 4.09. The number of nitrogens with zero attached hydrogens (tertiary/aromatic N) is 2. The van der Waals surface area contributed by atoms with Gasteiger partial charge >= 0.3 is 5.97 Å². The molecule has 0 spiro atoms. The number of rotatable bonds is 5. The first-order chi connectivity index (χ1) is 11.2. The molecule has 3 rings (SSSR count). The number of aromatic nitrogens is 1. The Morgan fingerprint density at radius 1 is 1.43 bits per heavy atom. The van der Waals surface area contributed by atoms with Gasteiger partial charge < -0.3 is 13.9 Å². The van der Waals surface area contributed by atoms with Crippen molar-refractivity contribution in [2.45, 2.75) is 25.5 Å². The smallest absolute Gasteiger partial charge is 0.373 e. The molecule has 0 aliphatic carbocycles. The van der Waals surface area contributed by atoms with Crippen LogP contribution in [-0.4, -0.2) is 42.2 Å². The molecule has 122 valence electrons. The average Bonchev–Trinajstić information content (AvgIpc) is 3.24. The number of carbonyl (C=O) groups is 1. The summed E-state index contributed by atoms with van der Waals surface area (Å²) < 4.78 is 16.2. The Labute approximate surface area is 135 Å². The summed E-state index contributed by atoms with van der Waals surface area (Å²) >= 11 is 0. The molecule has 0 amide bonds. The van der Waals surface area contributed by atoms with E-state index in [0.29, 0.717) is 0 Å². The van der Waals surface area contributed by atoms with Gasteiger partial charge in [-0.3, -0.25) is 9.88 Å². The largest absolute Gasteiger partial charge is 0.487 e.